The van der Waals surface area contributed by atoms with Crippen molar-refractivity contribution in [3.63, 3.8) is 0 Å². The van der Waals surface area contributed by atoms with Crippen LogP contribution in [0.2, 0.25) is 15.1 Å². The molecule has 134 valence electrons. The quantitative estimate of drug-likeness (QED) is 0.423. The summed E-state index contributed by atoms with van der Waals surface area (Å²) in [5, 5.41) is 1.59. The van der Waals surface area contributed by atoms with Crippen LogP contribution in [0.25, 0.3) is 6.08 Å². The molecular weight excluding hydrogens is 433 g/mol. The van der Waals surface area contributed by atoms with Crippen LogP contribution in [0.4, 0.5) is 0 Å². The molecule has 1 saturated heterocycles. The predicted octanol–water partition coefficient (Wildman–Crippen LogP) is 6.06. The van der Waals surface area contributed by atoms with Gasteiger partial charge in [0, 0.05) is 33.2 Å². The number of nitrogens with zero attached hydrogens (tertiary/aromatic N) is 1. The zero-order valence-electron chi connectivity index (χ0n) is 13.5. The fourth-order valence-electron chi connectivity index (χ4n) is 2.27. The molecule has 0 aromatic heterocycles. The van der Waals surface area contributed by atoms with E-state index in [4.69, 9.17) is 51.8 Å². The normalized spacial score (nSPS) is 15.8. The van der Waals surface area contributed by atoms with E-state index < -0.39 is 0 Å². The third-order valence-corrected chi connectivity index (χ3v) is 6.11. The van der Waals surface area contributed by atoms with Crippen molar-refractivity contribution in [1.29, 1.82) is 0 Å². The molecule has 2 aromatic rings. The first-order valence-corrected chi connectivity index (χ1v) is 9.79. The highest BCUT2D eigenvalue weighted by molar-refractivity contribution is 8.26. The molecule has 0 saturated carbocycles. The highest BCUT2D eigenvalue weighted by atomic mass is 35.5. The molecule has 1 aliphatic rings. The van der Waals surface area contributed by atoms with Gasteiger partial charge in [0.25, 0.3) is 5.91 Å². The third kappa shape index (κ3) is 4.18. The number of benzene rings is 2. The molecule has 2 aromatic carbocycles. The van der Waals surface area contributed by atoms with Gasteiger partial charge < -0.3 is 4.74 Å². The Balaban J connectivity index is 1.90. The van der Waals surface area contributed by atoms with Crippen molar-refractivity contribution in [3.05, 3.63) is 67.5 Å². The van der Waals surface area contributed by atoms with Gasteiger partial charge in [-0.1, -0.05) is 64.8 Å². The van der Waals surface area contributed by atoms with E-state index in [0.717, 1.165) is 0 Å². The third-order valence-electron chi connectivity index (χ3n) is 3.68. The van der Waals surface area contributed by atoms with Crippen LogP contribution in [0, 0.1) is 0 Å². The number of carbonyl (C=O) groups is 1. The van der Waals surface area contributed by atoms with Gasteiger partial charge in [-0.3, -0.25) is 9.69 Å². The molecule has 8 heteroatoms. The summed E-state index contributed by atoms with van der Waals surface area (Å²) in [6.45, 7) is 0.190. The van der Waals surface area contributed by atoms with E-state index in [1.54, 1.807) is 49.5 Å². The molecule has 0 bridgehead atoms. The molecule has 0 unspecified atom stereocenters. The lowest BCUT2D eigenvalue weighted by Crippen LogP contribution is -2.22. The van der Waals surface area contributed by atoms with Crippen molar-refractivity contribution in [2.75, 3.05) is 7.05 Å². The van der Waals surface area contributed by atoms with Gasteiger partial charge in [-0.05, 0) is 36.4 Å². The largest absolute Gasteiger partial charge is 0.488 e. The van der Waals surface area contributed by atoms with Crippen LogP contribution in [0.5, 0.6) is 5.75 Å². The molecule has 3 nitrogen and oxygen atoms in total. The molecule has 0 N–H and O–H groups in total. The Hall–Kier alpha value is -1.24. The maximum Gasteiger partial charge on any atom is 0.265 e. The minimum Gasteiger partial charge on any atom is -0.488 e. The molecule has 1 fully saturated rings. The summed E-state index contributed by atoms with van der Waals surface area (Å²) < 4.78 is 6.41. The summed E-state index contributed by atoms with van der Waals surface area (Å²) in [7, 11) is 1.65. The molecule has 1 aliphatic heterocycles. The van der Waals surface area contributed by atoms with Crippen molar-refractivity contribution in [1.82, 2.24) is 4.90 Å². The lowest BCUT2D eigenvalue weighted by atomic mass is 10.1. The summed E-state index contributed by atoms with van der Waals surface area (Å²) in [5.74, 6) is 0.409. The van der Waals surface area contributed by atoms with E-state index in [-0.39, 0.29) is 12.5 Å². The molecule has 0 atom stereocenters. The smallest absolute Gasteiger partial charge is 0.265 e. The predicted molar refractivity (Wildman–Crippen MR) is 113 cm³/mol. The number of rotatable bonds is 4. The molecule has 1 amide bonds. The van der Waals surface area contributed by atoms with Crippen LogP contribution in [-0.2, 0) is 11.4 Å². The van der Waals surface area contributed by atoms with Crippen molar-refractivity contribution in [2.24, 2.45) is 0 Å². The average molecular weight is 445 g/mol. The molecule has 0 radical (unpaired) electrons. The summed E-state index contributed by atoms with van der Waals surface area (Å²) in [4.78, 5) is 14.2. The van der Waals surface area contributed by atoms with Crippen molar-refractivity contribution < 1.29 is 9.53 Å². The first-order valence-electron chi connectivity index (χ1n) is 7.43. The summed E-state index contributed by atoms with van der Waals surface area (Å²) in [5.41, 5.74) is 1.37. The van der Waals surface area contributed by atoms with E-state index in [1.807, 2.05) is 0 Å². The number of halogens is 3. The van der Waals surface area contributed by atoms with Crippen LogP contribution >= 0.6 is 58.8 Å². The summed E-state index contributed by atoms with van der Waals surface area (Å²) >= 11 is 24.9. The number of ether oxygens (including phenoxy) is 1. The topological polar surface area (TPSA) is 29.5 Å². The van der Waals surface area contributed by atoms with Crippen LogP contribution < -0.4 is 4.74 Å². The Kier molecular flexibility index (Phi) is 6.15. The summed E-state index contributed by atoms with van der Waals surface area (Å²) in [6, 6.07) is 10.5. The Bertz CT molecular complexity index is 910. The second kappa shape index (κ2) is 8.19. The monoisotopic (exact) mass is 443 g/mol. The Labute approximate surface area is 175 Å². The Morgan fingerprint density at radius 3 is 2.50 bits per heavy atom. The van der Waals surface area contributed by atoms with Crippen molar-refractivity contribution in [2.45, 2.75) is 6.61 Å². The molecule has 0 spiro atoms. The molecule has 3 rings (SSSR count). The standard InChI is InChI=1S/C18H12Cl3NO2S2/c1-22-17(23)16(26-18(22)25)8-10-7-11(19)5-6-15(10)24-9-12-13(20)3-2-4-14(12)21/h2-8H,9H2,1H3/b16-8-. The number of likely N-dealkylation sites (N-methyl/N-ethyl adjacent to an activating group) is 1. The highest BCUT2D eigenvalue weighted by Gasteiger charge is 2.29. The van der Waals surface area contributed by atoms with Gasteiger partial charge >= 0.3 is 0 Å². The minimum absolute atomic E-state index is 0.153. The van der Waals surface area contributed by atoms with Crippen LogP contribution in [-0.4, -0.2) is 22.2 Å². The number of hydrogen-bond acceptors (Lipinski definition) is 4. The number of carbonyl (C=O) groups excluding carboxylic acids is 1. The van der Waals surface area contributed by atoms with Crippen LogP contribution in [0.1, 0.15) is 11.1 Å². The molecule has 26 heavy (non-hydrogen) atoms. The van der Waals surface area contributed by atoms with Crippen molar-refractivity contribution >= 4 is 75.1 Å². The molecular formula is C18H12Cl3NO2S2. The second-order valence-electron chi connectivity index (χ2n) is 5.41. The lowest BCUT2D eigenvalue weighted by Gasteiger charge is -2.12. The number of hydrogen-bond donors (Lipinski definition) is 0. The van der Waals surface area contributed by atoms with Gasteiger partial charge in [0.1, 0.15) is 16.7 Å². The number of thioether (sulfide) groups is 1. The zero-order chi connectivity index (χ0) is 18.8. The van der Waals surface area contributed by atoms with Gasteiger partial charge in [0.15, 0.2) is 0 Å². The minimum atomic E-state index is -0.153. The fraction of sp³-hybridized carbons (Fsp3) is 0.111. The van der Waals surface area contributed by atoms with Gasteiger partial charge in [-0.15, -0.1) is 0 Å². The molecule has 1 heterocycles. The van der Waals surface area contributed by atoms with Gasteiger partial charge in [-0.25, -0.2) is 0 Å². The van der Waals surface area contributed by atoms with E-state index >= 15 is 0 Å². The van der Waals surface area contributed by atoms with E-state index in [1.165, 1.54) is 16.7 Å². The fourth-order valence-corrected chi connectivity index (χ4v) is 4.13. The number of amides is 1. The number of thiocarbonyl (C=S) groups is 1. The van der Waals surface area contributed by atoms with Crippen molar-refractivity contribution in [3.8, 4) is 5.75 Å². The van der Waals surface area contributed by atoms with Crippen LogP contribution in [0.3, 0.4) is 0 Å². The van der Waals surface area contributed by atoms with Gasteiger partial charge in [-0.2, -0.15) is 0 Å². The lowest BCUT2D eigenvalue weighted by molar-refractivity contribution is -0.121. The maximum atomic E-state index is 12.2. The SMILES string of the molecule is CN1C(=O)/C(=C/c2cc(Cl)ccc2OCc2c(Cl)cccc2Cl)SC1=S. The van der Waals surface area contributed by atoms with E-state index in [9.17, 15) is 4.79 Å². The Morgan fingerprint density at radius 1 is 1.19 bits per heavy atom. The van der Waals surface area contributed by atoms with Gasteiger partial charge in [0.2, 0.25) is 0 Å². The molecule has 0 aliphatic carbocycles. The van der Waals surface area contributed by atoms with E-state index in [2.05, 4.69) is 0 Å². The second-order valence-corrected chi connectivity index (χ2v) is 8.34. The zero-order valence-corrected chi connectivity index (χ0v) is 17.4. The maximum absolute atomic E-state index is 12.2. The first kappa shape index (κ1) is 19.5. The highest BCUT2D eigenvalue weighted by Crippen LogP contribution is 2.35. The Morgan fingerprint density at radius 2 is 1.88 bits per heavy atom. The van der Waals surface area contributed by atoms with Crippen LogP contribution in [0.15, 0.2) is 41.3 Å². The average Bonchev–Trinajstić information content (AvgIpc) is 2.83. The van der Waals surface area contributed by atoms with E-state index in [0.29, 0.717) is 41.2 Å². The van der Waals surface area contributed by atoms with Gasteiger partial charge in [0.05, 0.1) is 4.91 Å². The first-order chi connectivity index (χ1) is 12.4. The summed E-state index contributed by atoms with van der Waals surface area (Å²) in [6.07, 6.45) is 1.72.